The molecule has 0 bridgehead atoms. The van der Waals surface area contributed by atoms with Gasteiger partial charge in [0.25, 0.3) is 0 Å². The quantitative estimate of drug-likeness (QED) is 0.892. The third kappa shape index (κ3) is 3.53. The Hall–Kier alpha value is -2.44. The number of nitrogen functional groups attached to an aromatic ring is 1. The van der Waals surface area contributed by atoms with Crippen molar-refractivity contribution in [1.29, 1.82) is 0 Å². The van der Waals surface area contributed by atoms with Crippen LogP contribution in [0, 0.1) is 12.7 Å². The van der Waals surface area contributed by atoms with Gasteiger partial charge >= 0.3 is 6.01 Å². The van der Waals surface area contributed by atoms with Gasteiger partial charge in [-0.05, 0) is 38.5 Å². The zero-order valence-electron chi connectivity index (χ0n) is 11.5. The number of benzene rings is 1. The lowest BCUT2D eigenvalue weighted by molar-refractivity contribution is 0.222. The lowest BCUT2D eigenvalue weighted by Crippen LogP contribution is -2.12. The highest BCUT2D eigenvalue weighted by atomic mass is 19.1. The third-order valence-corrected chi connectivity index (χ3v) is 2.34. The van der Waals surface area contributed by atoms with Crippen LogP contribution in [0.4, 0.5) is 22.0 Å². The molecule has 0 aliphatic heterocycles. The fraction of sp³-hybridized carbons (Fsp3) is 0.308. The second kappa shape index (κ2) is 5.68. The van der Waals surface area contributed by atoms with Crippen molar-refractivity contribution in [3.05, 3.63) is 29.6 Å². The minimum Gasteiger partial charge on any atom is -0.461 e. The molecular weight excluding hydrogens is 261 g/mol. The average Bonchev–Trinajstić information content (AvgIpc) is 2.32. The summed E-state index contributed by atoms with van der Waals surface area (Å²) in [4.78, 5) is 11.8. The SMILES string of the molecule is Cc1ccc(F)c(Nc2nc(N)nc(OC(C)C)n2)c1. The van der Waals surface area contributed by atoms with Crippen LogP contribution in [0.1, 0.15) is 19.4 Å². The molecule has 106 valence electrons. The van der Waals surface area contributed by atoms with Gasteiger partial charge in [0.15, 0.2) is 0 Å². The summed E-state index contributed by atoms with van der Waals surface area (Å²) in [5.41, 5.74) is 6.76. The predicted molar refractivity (Wildman–Crippen MR) is 74.4 cm³/mol. The standard InChI is InChI=1S/C13H16FN5O/c1-7(2)20-13-18-11(15)17-12(19-13)16-10-6-8(3)4-5-9(10)14/h4-7H,1-3H3,(H3,15,16,17,18,19). The first-order valence-electron chi connectivity index (χ1n) is 6.15. The van der Waals surface area contributed by atoms with E-state index in [4.69, 9.17) is 10.5 Å². The fourth-order valence-corrected chi connectivity index (χ4v) is 1.55. The first kappa shape index (κ1) is 14.0. The van der Waals surface area contributed by atoms with Gasteiger partial charge in [-0.1, -0.05) is 6.07 Å². The van der Waals surface area contributed by atoms with Crippen LogP contribution in [0.25, 0.3) is 0 Å². The van der Waals surface area contributed by atoms with E-state index in [9.17, 15) is 4.39 Å². The summed E-state index contributed by atoms with van der Waals surface area (Å²) in [6.45, 7) is 5.54. The van der Waals surface area contributed by atoms with E-state index in [1.165, 1.54) is 6.07 Å². The first-order chi connectivity index (χ1) is 9.44. The summed E-state index contributed by atoms with van der Waals surface area (Å²) < 4.78 is 19.0. The zero-order valence-corrected chi connectivity index (χ0v) is 11.5. The minimum atomic E-state index is -0.402. The van der Waals surface area contributed by atoms with Crippen LogP contribution in [0.3, 0.4) is 0 Å². The van der Waals surface area contributed by atoms with E-state index in [0.29, 0.717) is 0 Å². The highest BCUT2D eigenvalue weighted by molar-refractivity contribution is 5.56. The zero-order chi connectivity index (χ0) is 14.7. The average molecular weight is 277 g/mol. The number of aromatic nitrogens is 3. The smallest absolute Gasteiger partial charge is 0.323 e. The Morgan fingerprint density at radius 3 is 2.70 bits per heavy atom. The molecule has 2 aromatic rings. The largest absolute Gasteiger partial charge is 0.461 e. The first-order valence-corrected chi connectivity index (χ1v) is 6.15. The molecule has 20 heavy (non-hydrogen) atoms. The number of hydrogen-bond acceptors (Lipinski definition) is 6. The lowest BCUT2D eigenvalue weighted by atomic mass is 10.2. The fourth-order valence-electron chi connectivity index (χ4n) is 1.55. The molecule has 0 fully saturated rings. The second-order valence-electron chi connectivity index (χ2n) is 4.57. The summed E-state index contributed by atoms with van der Waals surface area (Å²) in [5.74, 6) is -0.259. The molecule has 6 nitrogen and oxygen atoms in total. The number of nitrogens with two attached hydrogens (primary N) is 1. The van der Waals surface area contributed by atoms with Gasteiger partial charge < -0.3 is 15.8 Å². The summed E-state index contributed by atoms with van der Waals surface area (Å²) >= 11 is 0. The van der Waals surface area contributed by atoms with Gasteiger partial charge in [0, 0.05) is 0 Å². The van der Waals surface area contributed by atoms with E-state index in [1.54, 1.807) is 12.1 Å². The number of aryl methyl sites for hydroxylation is 1. The van der Waals surface area contributed by atoms with Crippen molar-refractivity contribution in [1.82, 2.24) is 15.0 Å². The molecule has 1 aromatic heterocycles. The topological polar surface area (TPSA) is 86.0 Å². The number of ether oxygens (including phenoxy) is 1. The van der Waals surface area contributed by atoms with E-state index in [2.05, 4.69) is 20.3 Å². The summed E-state index contributed by atoms with van der Waals surface area (Å²) in [6.07, 6.45) is -0.0969. The van der Waals surface area contributed by atoms with Crippen LogP contribution >= 0.6 is 0 Å². The number of anilines is 3. The molecule has 0 atom stereocenters. The van der Waals surface area contributed by atoms with Crippen molar-refractivity contribution in [2.24, 2.45) is 0 Å². The Balaban J connectivity index is 2.28. The van der Waals surface area contributed by atoms with Crippen LogP contribution in [-0.2, 0) is 0 Å². The van der Waals surface area contributed by atoms with Crippen molar-refractivity contribution >= 4 is 17.6 Å². The number of nitrogens with zero attached hydrogens (tertiary/aromatic N) is 3. The Bertz CT molecular complexity index is 618. The monoisotopic (exact) mass is 277 g/mol. The Morgan fingerprint density at radius 2 is 2.00 bits per heavy atom. The third-order valence-electron chi connectivity index (χ3n) is 2.34. The Labute approximate surface area is 116 Å². The van der Waals surface area contributed by atoms with Crippen molar-refractivity contribution in [3.63, 3.8) is 0 Å². The molecule has 0 amide bonds. The van der Waals surface area contributed by atoms with E-state index < -0.39 is 5.82 Å². The van der Waals surface area contributed by atoms with Gasteiger partial charge in [0.05, 0.1) is 11.8 Å². The number of nitrogens with one attached hydrogen (secondary N) is 1. The van der Waals surface area contributed by atoms with Crippen molar-refractivity contribution < 1.29 is 9.13 Å². The molecule has 3 N–H and O–H groups in total. The van der Waals surface area contributed by atoms with Crippen LogP contribution < -0.4 is 15.8 Å². The highest BCUT2D eigenvalue weighted by Gasteiger charge is 2.09. The molecule has 7 heteroatoms. The molecule has 0 saturated heterocycles. The normalized spacial score (nSPS) is 10.7. The molecular formula is C13H16FN5O. The molecule has 0 unspecified atom stereocenters. The summed E-state index contributed by atoms with van der Waals surface area (Å²) in [6, 6.07) is 4.80. The maximum Gasteiger partial charge on any atom is 0.323 e. The molecule has 0 saturated carbocycles. The van der Waals surface area contributed by atoms with Crippen LogP contribution in [-0.4, -0.2) is 21.1 Å². The molecule has 2 rings (SSSR count). The molecule has 0 aliphatic rings. The van der Waals surface area contributed by atoms with Crippen molar-refractivity contribution in [2.45, 2.75) is 26.9 Å². The number of hydrogen-bond donors (Lipinski definition) is 2. The van der Waals surface area contributed by atoms with Crippen LogP contribution in [0.5, 0.6) is 6.01 Å². The van der Waals surface area contributed by atoms with E-state index in [1.807, 2.05) is 20.8 Å². The molecule has 0 aliphatic carbocycles. The van der Waals surface area contributed by atoms with E-state index in [-0.39, 0.29) is 29.7 Å². The van der Waals surface area contributed by atoms with Gasteiger partial charge in [0.2, 0.25) is 11.9 Å². The lowest BCUT2D eigenvalue weighted by Gasteiger charge is -2.10. The van der Waals surface area contributed by atoms with E-state index in [0.717, 1.165) is 5.56 Å². The second-order valence-corrected chi connectivity index (χ2v) is 4.57. The molecule has 0 spiro atoms. The predicted octanol–water partition coefficient (Wildman–Crippen LogP) is 2.43. The van der Waals surface area contributed by atoms with Crippen molar-refractivity contribution in [3.8, 4) is 6.01 Å². The maximum absolute atomic E-state index is 13.7. The Kier molecular flexibility index (Phi) is 3.97. The van der Waals surface area contributed by atoms with Gasteiger partial charge in [-0.2, -0.15) is 15.0 Å². The highest BCUT2D eigenvalue weighted by Crippen LogP contribution is 2.20. The molecule has 1 heterocycles. The minimum absolute atomic E-state index is 0.00575. The molecule has 1 aromatic carbocycles. The van der Waals surface area contributed by atoms with E-state index >= 15 is 0 Å². The Morgan fingerprint density at radius 1 is 1.25 bits per heavy atom. The van der Waals surface area contributed by atoms with Crippen LogP contribution in [0.2, 0.25) is 0 Å². The van der Waals surface area contributed by atoms with Gasteiger partial charge in [-0.25, -0.2) is 4.39 Å². The number of rotatable bonds is 4. The van der Waals surface area contributed by atoms with Gasteiger partial charge in [-0.3, -0.25) is 0 Å². The van der Waals surface area contributed by atoms with Gasteiger partial charge in [-0.15, -0.1) is 0 Å². The summed E-state index contributed by atoms with van der Waals surface area (Å²) in [5, 5.41) is 2.77. The summed E-state index contributed by atoms with van der Waals surface area (Å²) in [7, 11) is 0. The number of halogens is 1. The molecule has 0 radical (unpaired) electrons. The maximum atomic E-state index is 13.7. The van der Waals surface area contributed by atoms with Crippen molar-refractivity contribution in [2.75, 3.05) is 11.1 Å². The van der Waals surface area contributed by atoms with Gasteiger partial charge in [0.1, 0.15) is 5.82 Å². The van der Waals surface area contributed by atoms with Crippen LogP contribution in [0.15, 0.2) is 18.2 Å².